The van der Waals surface area contributed by atoms with Crippen molar-refractivity contribution in [2.24, 2.45) is 16.8 Å². The molecule has 90 valence electrons. The number of hydrogen-bond donors (Lipinski definition) is 1. The fourth-order valence-electron chi connectivity index (χ4n) is 2.58. The zero-order valence-electron chi connectivity index (χ0n) is 9.93. The van der Waals surface area contributed by atoms with E-state index in [2.05, 4.69) is 13.5 Å². The second-order valence-electron chi connectivity index (χ2n) is 4.92. The monoisotopic (exact) mass is 239 g/mol. The number of hydrogen-bond acceptors (Lipinski definition) is 3. The van der Waals surface area contributed by atoms with Gasteiger partial charge in [-0.1, -0.05) is 13.0 Å². The molecule has 1 aliphatic carbocycles. The predicted octanol–water partition coefficient (Wildman–Crippen LogP) is 2.87. The smallest absolute Gasteiger partial charge is 0.0806 e. The molecule has 1 N–H and O–H groups in total. The van der Waals surface area contributed by atoms with E-state index < -0.39 is 0 Å². The zero-order valence-corrected chi connectivity index (χ0v) is 10.7. The molecule has 0 saturated heterocycles. The van der Waals surface area contributed by atoms with Gasteiger partial charge in [0, 0.05) is 17.8 Å². The highest BCUT2D eigenvalue weighted by molar-refractivity contribution is 8.14. The second-order valence-corrected chi connectivity index (χ2v) is 6.31. The molecule has 1 saturated carbocycles. The predicted molar refractivity (Wildman–Crippen MR) is 71.0 cm³/mol. The zero-order chi connectivity index (χ0) is 11.5. The summed E-state index contributed by atoms with van der Waals surface area (Å²) in [4.78, 5) is 4.76. The minimum atomic E-state index is 0.315. The largest absolute Gasteiger partial charge is 0.396 e. The molecule has 1 fully saturated rings. The van der Waals surface area contributed by atoms with Crippen LogP contribution in [-0.2, 0) is 0 Å². The molecule has 2 rings (SSSR count). The Labute approximate surface area is 102 Å². The van der Waals surface area contributed by atoms with E-state index in [1.807, 2.05) is 17.8 Å². The molecule has 1 aliphatic heterocycles. The van der Waals surface area contributed by atoms with Crippen molar-refractivity contribution < 1.29 is 5.11 Å². The first-order valence-electron chi connectivity index (χ1n) is 6.22. The van der Waals surface area contributed by atoms with Crippen LogP contribution < -0.4 is 0 Å². The molecule has 0 aromatic carbocycles. The molecule has 1 heterocycles. The third-order valence-corrected chi connectivity index (χ3v) is 5.09. The number of aliphatic imine (C=N–C) groups is 1. The highest BCUT2D eigenvalue weighted by Gasteiger charge is 2.31. The lowest BCUT2D eigenvalue weighted by molar-refractivity contribution is 0.181. The average Bonchev–Trinajstić information content (AvgIpc) is 2.71. The maximum absolute atomic E-state index is 9.12. The van der Waals surface area contributed by atoms with Crippen molar-refractivity contribution in [3.05, 3.63) is 12.7 Å². The lowest BCUT2D eigenvalue weighted by Gasteiger charge is -2.27. The third-order valence-electron chi connectivity index (χ3n) is 3.76. The van der Waals surface area contributed by atoms with Crippen LogP contribution in [-0.4, -0.2) is 28.0 Å². The highest BCUT2D eigenvalue weighted by atomic mass is 32.2. The van der Waals surface area contributed by atoms with Gasteiger partial charge in [0.2, 0.25) is 0 Å². The summed E-state index contributed by atoms with van der Waals surface area (Å²) in [6, 6.07) is 0.315. The Bertz CT molecular complexity index is 282. The van der Waals surface area contributed by atoms with E-state index in [0.29, 0.717) is 29.7 Å². The van der Waals surface area contributed by atoms with Crippen molar-refractivity contribution >= 4 is 16.8 Å². The summed E-state index contributed by atoms with van der Waals surface area (Å²) < 4.78 is 0. The first kappa shape index (κ1) is 12.2. The molecule has 2 unspecified atom stereocenters. The molecular formula is C13H21NOS. The van der Waals surface area contributed by atoms with Gasteiger partial charge in [0.05, 0.1) is 11.1 Å². The SMILES string of the molecule is C=CC1N=C([C@H]2CC[C@H](CO)CC2)SC1C. The van der Waals surface area contributed by atoms with Crippen molar-refractivity contribution in [3.8, 4) is 0 Å². The quantitative estimate of drug-likeness (QED) is 0.768. The van der Waals surface area contributed by atoms with Crippen LogP contribution in [0.3, 0.4) is 0 Å². The first-order valence-corrected chi connectivity index (χ1v) is 7.10. The van der Waals surface area contributed by atoms with Gasteiger partial charge in [0.1, 0.15) is 0 Å². The average molecular weight is 239 g/mol. The second kappa shape index (κ2) is 5.37. The van der Waals surface area contributed by atoms with Crippen molar-refractivity contribution in [2.75, 3.05) is 6.61 Å². The molecular weight excluding hydrogens is 218 g/mol. The van der Waals surface area contributed by atoms with Crippen LogP contribution in [0, 0.1) is 11.8 Å². The Balaban J connectivity index is 1.92. The number of rotatable bonds is 3. The van der Waals surface area contributed by atoms with Crippen LogP contribution >= 0.6 is 11.8 Å². The van der Waals surface area contributed by atoms with E-state index in [9.17, 15) is 0 Å². The normalized spacial score (nSPS) is 39.5. The number of aliphatic hydroxyl groups excluding tert-OH is 1. The van der Waals surface area contributed by atoms with E-state index >= 15 is 0 Å². The fourth-order valence-corrected chi connectivity index (χ4v) is 3.88. The maximum atomic E-state index is 9.12. The van der Waals surface area contributed by atoms with E-state index in [-0.39, 0.29) is 0 Å². The van der Waals surface area contributed by atoms with Gasteiger partial charge in [0.15, 0.2) is 0 Å². The molecule has 0 amide bonds. The van der Waals surface area contributed by atoms with Crippen LogP contribution in [0.2, 0.25) is 0 Å². The molecule has 0 spiro atoms. The van der Waals surface area contributed by atoms with Crippen LogP contribution in [0.15, 0.2) is 17.6 Å². The standard InChI is InChI=1S/C13H21NOS/c1-3-12-9(2)16-13(14-12)11-6-4-10(8-15)5-7-11/h3,9-12,15H,1,4-8H2,2H3/t9?,10-,11-,12?. The molecule has 2 aliphatic rings. The van der Waals surface area contributed by atoms with Gasteiger partial charge in [-0.05, 0) is 31.6 Å². The summed E-state index contributed by atoms with van der Waals surface area (Å²) in [6.07, 6.45) is 6.69. The Morgan fingerprint density at radius 1 is 1.44 bits per heavy atom. The van der Waals surface area contributed by atoms with E-state index in [1.54, 1.807) is 0 Å². The molecule has 16 heavy (non-hydrogen) atoms. The molecule has 0 bridgehead atoms. The maximum Gasteiger partial charge on any atom is 0.0806 e. The molecule has 2 atom stereocenters. The molecule has 0 aromatic heterocycles. The lowest BCUT2D eigenvalue weighted by atomic mass is 9.83. The molecule has 3 heteroatoms. The topological polar surface area (TPSA) is 32.6 Å². The van der Waals surface area contributed by atoms with Crippen molar-refractivity contribution in [1.29, 1.82) is 0 Å². The fraction of sp³-hybridized carbons (Fsp3) is 0.769. The van der Waals surface area contributed by atoms with Crippen LogP contribution in [0.1, 0.15) is 32.6 Å². The van der Waals surface area contributed by atoms with Gasteiger partial charge >= 0.3 is 0 Å². The minimum absolute atomic E-state index is 0.315. The minimum Gasteiger partial charge on any atom is -0.396 e. The summed E-state index contributed by atoms with van der Waals surface area (Å²) in [5.74, 6) is 1.19. The van der Waals surface area contributed by atoms with Crippen LogP contribution in [0.4, 0.5) is 0 Å². The first-order chi connectivity index (χ1) is 7.74. The Hall–Kier alpha value is -0.280. The van der Waals surface area contributed by atoms with Gasteiger partial charge in [-0.25, -0.2) is 0 Å². The number of thioether (sulfide) groups is 1. The van der Waals surface area contributed by atoms with Crippen LogP contribution in [0.5, 0.6) is 0 Å². The molecule has 0 radical (unpaired) electrons. The van der Waals surface area contributed by atoms with E-state index in [1.165, 1.54) is 17.9 Å². The summed E-state index contributed by atoms with van der Waals surface area (Å²) >= 11 is 1.93. The Morgan fingerprint density at radius 2 is 2.12 bits per heavy atom. The van der Waals surface area contributed by atoms with Gasteiger partial charge in [0.25, 0.3) is 0 Å². The summed E-state index contributed by atoms with van der Waals surface area (Å²) in [5, 5.41) is 11.0. The van der Waals surface area contributed by atoms with Gasteiger partial charge < -0.3 is 5.11 Å². The van der Waals surface area contributed by atoms with Crippen LogP contribution in [0.25, 0.3) is 0 Å². The van der Waals surface area contributed by atoms with Crippen molar-refractivity contribution in [1.82, 2.24) is 0 Å². The summed E-state index contributed by atoms with van der Waals surface area (Å²) in [7, 11) is 0. The van der Waals surface area contributed by atoms with Crippen molar-refractivity contribution in [2.45, 2.75) is 43.9 Å². The third kappa shape index (κ3) is 2.51. The van der Waals surface area contributed by atoms with E-state index in [4.69, 9.17) is 10.1 Å². The van der Waals surface area contributed by atoms with E-state index in [0.717, 1.165) is 12.8 Å². The number of aliphatic hydroxyl groups is 1. The summed E-state index contributed by atoms with van der Waals surface area (Å²) in [5.41, 5.74) is 0. The number of nitrogens with zero attached hydrogens (tertiary/aromatic N) is 1. The Morgan fingerprint density at radius 3 is 2.62 bits per heavy atom. The van der Waals surface area contributed by atoms with Crippen molar-refractivity contribution in [3.63, 3.8) is 0 Å². The lowest BCUT2D eigenvalue weighted by Crippen LogP contribution is -2.21. The molecule has 0 aromatic rings. The summed E-state index contributed by atoms with van der Waals surface area (Å²) in [6.45, 7) is 6.43. The molecule has 2 nitrogen and oxygen atoms in total. The van der Waals surface area contributed by atoms with Gasteiger partial charge in [-0.3, -0.25) is 4.99 Å². The highest BCUT2D eigenvalue weighted by Crippen LogP contribution is 2.38. The Kier molecular flexibility index (Phi) is 4.09. The van der Waals surface area contributed by atoms with Gasteiger partial charge in [-0.15, -0.1) is 18.3 Å². The van der Waals surface area contributed by atoms with Gasteiger partial charge in [-0.2, -0.15) is 0 Å².